The van der Waals surface area contributed by atoms with Crippen molar-refractivity contribution >= 4 is 5.96 Å². The zero-order chi connectivity index (χ0) is 11.1. The summed E-state index contributed by atoms with van der Waals surface area (Å²) in [7, 11) is 0. The third kappa shape index (κ3) is 3.41. The summed E-state index contributed by atoms with van der Waals surface area (Å²) in [6.45, 7) is 7.40. The average Bonchev–Trinajstić information content (AvgIpc) is 2.70. The Morgan fingerprint density at radius 2 is 2.60 bits per heavy atom. The summed E-state index contributed by atoms with van der Waals surface area (Å²) in [5.41, 5.74) is 5.60. The van der Waals surface area contributed by atoms with Gasteiger partial charge < -0.3 is 11.1 Å². The van der Waals surface area contributed by atoms with E-state index in [4.69, 9.17) is 5.73 Å². The predicted molar refractivity (Wildman–Crippen MR) is 59.2 cm³/mol. The average molecular weight is 208 g/mol. The first-order chi connectivity index (χ1) is 7.27. The topological polar surface area (TPSA) is 81.1 Å². The molecule has 1 aromatic heterocycles. The molecule has 0 saturated heterocycles. The molecule has 0 radical (unpaired) electrons. The number of guanidine groups is 1. The molecule has 1 aromatic rings. The van der Waals surface area contributed by atoms with Crippen molar-refractivity contribution in [3.8, 4) is 0 Å². The molecule has 0 aliphatic carbocycles. The second kappa shape index (κ2) is 5.79. The van der Waals surface area contributed by atoms with Gasteiger partial charge in [-0.3, -0.25) is 0 Å². The molecule has 0 bridgehead atoms. The number of aryl methyl sites for hydroxylation is 1. The van der Waals surface area contributed by atoms with Gasteiger partial charge in [-0.05, 0) is 6.92 Å². The van der Waals surface area contributed by atoms with E-state index < -0.39 is 0 Å². The Hall–Kier alpha value is -1.85. The molecule has 0 aliphatic rings. The van der Waals surface area contributed by atoms with Gasteiger partial charge in [0.25, 0.3) is 0 Å². The molecule has 1 heterocycles. The maximum atomic E-state index is 5.60. The van der Waals surface area contributed by atoms with Gasteiger partial charge in [0.15, 0.2) is 5.96 Å². The van der Waals surface area contributed by atoms with E-state index in [2.05, 4.69) is 27.0 Å². The van der Waals surface area contributed by atoms with Crippen LogP contribution in [0.3, 0.4) is 0 Å². The van der Waals surface area contributed by atoms with E-state index in [1.165, 1.54) is 6.33 Å². The van der Waals surface area contributed by atoms with Crippen molar-refractivity contribution in [1.29, 1.82) is 0 Å². The Bertz CT molecular complexity index is 340. The quantitative estimate of drug-likeness (QED) is 0.402. The molecule has 15 heavy (non-hydrogen) atoms. The first-order valence-electron chi connectivity index (χ1n) is 4.79. The second-order valence-corrected chi connectivity index (χ2v) is 2.86. The van der Waals surface area contributed by atoms with Crippen molar-refractivity contribution in [3.05, 3.63) is 24.8 Å². The molecule has 6 nitrogen and oxygen atoms in total. The van der Waals surface area contributed by atoms with Gasteiger partial charge in [0, 0.05) is 13.1 Å². The highest BCUT2D eigenvalue weighted by Crippen LogP contribution is 1.95. The van der Waals surface area contributed by atoms with Gasteiger partial charge in [0.1, 0.15) is 18.7 Å². The molecule has 0 amide bonds. The maximum absolute atomic E-state index is 5.60. The van der Waals surface area contributed by atoms with Gasteiger partial charge in [-0.25, -0.2) is 14.7 Å². The molecular weight excluding hydrogens is 192 g/mol. The Kier molecular flexibility index (Phi) is 4.33. The van der Waals surface area contributed by atoms with E-state index >= 15 is 0 Å². The van der Waals surface area contributed by atoms with Crippen molar-refractivity contribution in [1.82, 2.24) is 20.1 Å². The molecule has 0 unspecified atom stereocenters. The summed E-state index contributed by atoms with van der Waals surface area (Å²) in [5.74, 6) is 1.20. The van der Waals surface area contributed by atoms with E-state index in [1.54, 1.807) is 10.8 Å². The lowest BCUT2D eigenvalue weighted by atomic mass is 10.5. The standard InChI is InChI=1S/C9H16N6/c1-3-5-11-9(10)12-6-8-13-7-14-15(8)4-2/h3,7H,1,4-6H2,2H3,(H3,10,11,12). The number of nitrogens with one attached hydrogen (secondary N) is 1. The Morgan fingerprint density at radius 3 is 3.27 bits per heavy atom. The molecule has 0 aliphatic heterocycles. The highest BCUT2D eigenvalue weighted by atomic mass is 15.3. The fourth-order valence-electron chi connectivity index (χ4n) is 1.06. The number of hydrogen-bond acceptors (Lipinski definition) is 3. The number of aliphatic imine (C=N–C) groups is 1. The Balaban J connectivity index is 2.51. The SMILES string of the molecule is C=CCNC(N)=NCc1ncnn1CC. The molecule has 1 rings (SSSR count). The van der Waals surface area contributed by atoms with Crippen molar-refractivity contribution in [2.24, 2.45) is 10.7 Å². The van der Waals surface area contributed by atoms with Crippen LogP contribution in [0.2, 0.25) is 0 Å². The second-order valence-electron chi connectivity index (χ2n) is 2.86. The third-order valence-corrected chi connectivity index (χ3v) is 1.81. The number of aromatic nitrogens is 3. The fraction of sp³-hybridized carbons (Fsp3) is 0.444. The number of nitrogens with two attached hydrogens (primary N) is 1. The number of rotatable bonds is 5. The molecule has 0 spiro atoms. The molecule has 0 fully saturated rings. The van der Waals surface area contributed by atoms with Crippen LogP contribution < -0.4 is 11.1 Å². The minimum Gasteiger partial charge on any atom is -0.370 e. The predicted octanol–water partition coefficient (Wildman–Crippen LogP) is -0.112. The molecule has 0 saturated carbocycles. The van der Waals surface area contributed by atoms with E-state index in [0.717, 1.165) is 12.4 Å². The first kappa shape index (κ1) is 11.2. The third-order valence-electron chi connectivity index (χ3n) is 1.81. The zero-order valence-electron chi connectivity index (χ0n) is 8.85. The summed E-state index contributed by atoms with van der Waals surface area (Å²) < 4.78 is 1.78. The summed E-state index contributed by atoms with van der Waals surface area (Å²) in [4.78, 5) is 8.21. The van der Waals surface area contributed by atoms with Gasteiger partial charge >= 0.3 is 0 Å². The normalized spacial score (nSPS) is 11.4. The smallest absolute Gasteiger partial charge is 0.189 e. The zero-order valence-corrected chi connectivity index (χ0v) is 8.85. The van der Waals surface area contributed by atoms with Gasteiger partial charge in [0.05, 0.1) is 0 Å². The lowest BCUT2D eigenvalue weighted by Gasteiger charge is -2.02. The molecule has 0 aromatic carbocycles. The largest absolute Gasteiger partial charge is 0.370 e. The highest BCUT2D eigenvalue weighted by molar-refractivity contribution is 5.77. The fourth-order valence-corrected chi connectivity index (χ4v) is 1.06. The minimum atomic E-state index is 0.389. The van der Waals surface area contributed by atoms with Crippen LogP contribution in [0, 0.1) is 0 Å². The molecule has 0 atom stereocenters. The van der Waals surface area contributed by atoms with Gasteiger partial charge in [-0.15, -0.1) is 6.58 Å². The van der Waals surface area contributed by atoms with Crippen molar-refractivity contribution in [2.45, 2.75) is 20.0 Å². The lowest BCUT2D eigenvalue weighted by molar-refractivity contribution is 0.616. The minimum absolute atomic E-state index is 0.389. The lowest BCUT2D eigenvalue weighted by Crippen LogP contribution is -2.31. The Morgan fingerprint density at radius 1 is 1.80 bits per heavy atom. The van der Waals surface area contributed by atoms with E-state index in [1.807, 2.05) is 6.92 Å². The van der Waals surface area contributed by atoms with Crippen LogP contribution in [0.15, 0.2) is 24.0 Å². The summed E-state index contributed by atoms with van der Waals surface area (Å²) >= 11 is 0. The molecule has 3 N–H and O–H groups in total. The summed E-state index contributed by atoms with van der Waals surface area (Å²) in [6.07, 6.45) is 3.23. The van der Waals surface area contributed by atoms with Gasteiger partial charge in [0.2, 0.25) is 0 Å². The van der Waals surface area contributed by atoms with Crippen molar-refractivity contribution in [2.75, 3.05) is 6.54 Å². The van der Waals surface area contributed by atoms with Crippen LogP contribution in [0.5, 0.6) is 0 Å². The molecular formula is C9H16N6. The maximum Gasteiger partial charge on any atom is 0.189 e. The monoisotopic (exact) mass is 208 g/mol. The highest BCUT2D eigenvalue weighted by Gasteiger charge is 2.00. The summed E-state index contributed by atoms with van der Waals surface area (Å²) in [5, 5.41) is 6.92. The number of hydrogen-bond donors (Lipinski definition) is 2. The Labute approximate surface area is 88.9 Å². The van der Waals surface area contributed by atoms with E-state index in [0.29, 0.717) is 19.0 Å². The summed E-state index contributed by atoms with van der Waals surface area (Å²) in [6, 6.07) is 0. The van der Waals surface area contributed by atoms with Crippen LogP contribution in [-0.4, -0.2) is 27.3 Å². The van der Waals surface area contributed by atoms with Crippen LogP contribution in [0.25, 0.3) is 0 Å². The van der Waals surface area contributed by atoms with Crippen molar-refractivity contribution in [3.63, 3.8) is 0 Å². The van der Waals surface area contributed by atoms with Crippen LogP contribution >= 0.6 is 0 Å². The van der Waals surface area contributed by atoms with Gasteiger partial charge in [-0.1, -0.05) is 6.08 Å². The molecule has 82 valence electrons. The van der Waals surface area contributed by atoms with Crippen molar-refractivity contribution < 1.29 is 0 Å². The van der Waals surface area contributed by atoms with E-state index in [-0.39, 0.29) is 0 Å². The van der Waals surface area contributed by atoms with Crippen LogP contribution in [-0.2, 0) is 13.1 Å². The van der Waals surface area contributed by atoms with E-state index in [9.17, 15) is 0 Å². The molecule has 6 heteroatoms. The number of nitrogens with zero attached hydrogens (tertiary/aromatic N) is 4. The first-order valence-corrected chi connectivity index (χ1v) is 4.79. The van der Waals surface area contributed by atoms with Gasteiger partial charge in [-0.2, -0.15) is 5.10 Å². The van der Waals surface area contributed by atoms with Crippen LogP contribution in [0.4, 0.5) is 0 Å². The van der Waals surface area contributed by atoms with Crippen LogP contribution in [0.1, 0.15) is 12.7 Å².